The normalized spacial score (nSPS) is 11.1. The van der Waals surface area contributed by atoms with Crippen LogP contribution in [0.4, 0.5) is 0 Å². The van der Waals surface area contributed by atoms with Crippen molar-refractivity contribution in [2.45, 2.75) is 39.0 Å². The first kappa shape index (κ1) is 11.4. The van der Waals surface area contributed by atoms with Crippen molar-refractivity contribution in [1.82, 2.24) is 4.98 Å². The summed E-state index contributed by atoms with van der Waals surface area (Å²) in [5.41, 5.74) is 2.32. The molecule has 2 nitrogen and oxygen atoms in total. The Labute approximate surface area is 99.3 Å². The standard InChI is InChI=1S/C13H17NOS/c1-2-3-4-5-6-10-7-8-12-11(9-10)14-13(15)16-12/h7-9H,2-6H2,1H3,(H,14,15). The fourth-order valence-electron chi connectivity index (χ4n) is 1.91. The maximum Gasteiger partial charge on any atom is 0.305 e. The highest BCUT2D eigenvalue weighted by Gasteiger charge is 2.00. The van der Waals surface area contributed by atoms with Gasteiger partial charge in [-0.2, -0.15) is 0 Å². The SMILES string of the molecule is CCCCCCc1ccc2sc(=O)[nH]c2c1. The molecule has 3 heteroatoms. The fraction of sp³-hybridized carbons (Fsp3) is 0.462. The van der Waals surface area contributed by atoms with E-state index in [2.05, 4.69) is 24.0 Å². The Morgan fingerprint density at radius 2 is 2.12 bits per heavy atom. The average Bonchev–Trinajstić information content (AvgIpc) is 2.64. The number of rotatable bonds is 5. The van der Waals surface area contributed by atoms with E-state index in [0.717, 1.165) is 16.6 Å². The van der Waals surface area contributed by atoms with Crippen molar-refractivity contribution in [3.8, 4) is 0 Å². The first-order chi connectivity index (χ1) is 7.79. The van der Waals surface area contributed by atoms with Crippen LogP contribution in [0, 0.1) is 0 Å². The van der Waals surface area contributed by atoms with Gasteiger partial charge < -0.3 is 4.98 Å². The molecule has 0 aliphatic heterocycles. The quantitative estimate of drug-likeness (QED) is 0.787. The Hall–Kier alpha value is -1.09. The van der Waals surface area contributed by atoms with Crippen LogP contribution in [0.15, 0.2) is 23.0 Å². The van der Waals surface area contributed by atoms with E-state index in [-0.39, 0.29) is 4.87 Å². The molecule has 0 atom stereocenters. The van der Waals surface area contributed by atoms with Crippen molar-refractivity contribution in [3.63, 3.8) is 0 Å². The van der Waals surface area contributed by atoms with Crippen molar-refractivity contribution in [2.24, 2.45) is 0 Å². The number of aryl methyl sites for hydroxylation is 1. The fourth-order valence-corrected chi connectivity index (χ4v) is 2.63. The number of thiazole rings is 1. The van der Waals surface area contributed by atoms with Gasteiger partial charge in [0.05, 0.1) is 10.2 Å². The number of benzene rings is 1. The van der Waals surface area contributed by atoms with E-state index in [1.54, 1.807) is 0 Å². The highest BCUT2D eigenvalue weighted by Crippen LogP contribution is 2.17. The van der Waals surface area contributed by atoms with Gasteiger partial charge in [0, 0.05) is 0 Å². The number of aromatic amines is 1. The molecule has 0 saturated carbocycles. The zero-order valence-corrected chi connectivity index (χ0v) is 10.4. The largest absolute Gasteiger partial charge is 0.312 e. The summed E-state index contributed by atoms with van der Waals surface area (Å²) in [6.45, 7) is 2.22. The first-order valence-corrected chi connectivity index (χ1v) is 6.73. The maximum atomic E-state index is 11.2. The number of hydrogen-bond donors (Lipinski definition) is 1. The molecule has 0 saturated heterocycles. The van der Waals surface area contributed by atoms with Gasteiger partial charge in [0.2, 0.25) is 0 Å². The van der Waals surface area contributed by atoms with Crippen molar-refractivity contribution >= 4 is 21.6 Å². The Morgan fingerprint density at radius 1 is 1.25 bits per heavy atom. The third-order valence-electron chi connectivity index (χ3n) is 2.80. The Morgan fingerprint density at radius 3 is 2.94 bits per heavy atom. The predicted molar refractivity (Wildman–Crippen MR) is 70.3 cm³/mol. The van der Waals surface area contributed by atoms with Crippen molar-refractivity contribution in [1.29, 1.82) is 0 Å². The van der Waals surface area contributed by atoms with Crippen LogP contribution in [0.1, 0.15) is 38.2 Å². The van der Waals surface area contributed by atoms with E-state index in [4.69, 9.17) is 0 Å². The number of aromatic nitrogens is 1. The third-order valence-corrected chi connectivity index (χ3v) is 3.67. The average molecular weight is 235 g/mol. The Kier molecular flexibility index (Phi) is 3.78. The lowest BCUT2D eigenvalue weighted by molar-refractivity contribution is 0.667. The number of unbranched alkanes of at least 4 members (excludes halogenated alkanes) is 3. The monoisotopic (exact) mass is 235 g/mol. The summed E-state index contributed by atoms with van der Waals surface area (Å²) in [5, 5.41) is 0. The third kappa shape index (κ3) is 2.73. The van der Waals surface area contributed by atoms with Crippen LogP contribution in [0.3, 0.4) is 0 Å². The highest BCUT2D eigenvalue weighted by atomic mass is 32.1. The molecule has 0 aliphatic rings. The lowest BCUT2D eigenvalue weighted by atomic mass is 10.1. The molecule has 0 fully saturated rings. The number of nitrogens with one attached hydrogen (secondary N) is 1. The van der Waals surface area contributed by atoms with E-state index in [1.807, 2.05) is 6.07 Å². The Bertz CT molecular complexity index is 512. The van der Waals surface area contributed by atoms with Gasteiger partial charge in [-0.3, -0.25) is 4.79 Å². The van der Waals surface area contributed by atoms with E-state index in [1.165, 1.54) is 42.6 Å². The van der Waals surface area contributed by atoms with Crippen LogP contribution in [-0.4, -0.2) is 4.98 Å². The molecule has 0 aliphatic carbocycles. The smallest absolute Gasteiger partial charge is 0.305 e. The zero-order chi connectivity index (χ0) is 11.4. The summed E-state index contributed by atoms with van der Waals surface area (Å²) in [7, 11) is 0. The minimum absolute atomic E-state index is 0.0399. The molecule has 2 aromatic rings. The summed E-state index contributed by atoms with van der Waals surface area (Å²) in [6, 6.07) is 6.30. The van der Waals surface area contributed by atoms with Crippen molar-refractivity contribution < 1.29 is 0 Å². The molecule has 86 valence electrons. The summed E-state index contributed by atoms with van der Waals surface area (Å²) < 4.78 is 1.06. The molecule has 0 spiro atoms. The van der Waals surface area contributed by atoms with E-state index in [0.29, 0.717) is 0 Å². The van der Waals surface area contributed by atoms with Gasteiger partial charge in [-0.05, 0) is 30.5 Å². The summed E-state index contributed by atoms with van der Waals surface area (Å²) in [5.74, 6) is 0. The number of H-pyrrole nitrogens is 1. The summed E-state index contributed by atoms with van der Waals surface area (Å²) >= 11 is 1.28. The van der Waals surface area contributed by atoms with Gasteiger partial charge in [0.1, 0.15) is 0 Å². The van der Waals surface area contributed by atoms with Crippen molar-refractivity contribution in [2.75, 3.05) is 0 Å². The molecule has 1 N–H and O–H groups in total. The molecule has 0 amide bonds. The molecule has 16 heavy (non-hydrogen) atoms. The lowest BCUT2D eigenvalue weighted by Gasteiger charge is -2.00. The molecule has 0 unspecified atom stereocenters. The van der Waals surface area contributed by atoms with Crippen LogP contribution >= 0.6 is 11.3 Å². The van der Waals surface area contributed by atoms with Crippen LogP contribution in [0.2, 0.25) is 0 Å². The second-order valence-electron chi connectivity index (χ2n) is 4.16. The van der Waals surface area contributed by atoms with Crippen LogP contribution < -0.4 is 4.87 Å². The van der Waals surface area contributed by atoms with E-state index in [9.17, 15) is 4.79 Å². The van der Waals surface area contributed by atoms with Crippen molar-refractivity contribution in [3.05, 3.63) is 33.4 Å². The maximum absolute atomic E-state index is 11.2. The number of fused-ring (bicyclic) bond motifs is 1. The van der Waals surface area contributed by atoms with Crippen LogP contribution in [0.25, 0.3) is 10.2 Å². The van der Waals surface area contributed by atoms with Crippen LogP contribution in [0.5, 0.6) is 0 Å². The molecule has 1 heterocycles. The molecule has 1 aromatic heterocycles. The van der Waals surface area contributed by atoms with Gasteiger partial charge in [-0.15, -0.1) is 0 Å². The van der Waals surface area contributed by atoms with Gasteiger partial charge in [0.15, 0.2) is 0 Å². The van der Waals surface area contributed by atoms with E-state index < -0.39 is 0 Å². The van der Waals surface area contributed by atoms with Gasteiger partial charge >= 0.3 is 4.87 Å². The minimum atomic E-state index is 0.0399. The molecular weight excluding hydrogens is 218 g/mol. The molecular formula is C13H17NOS. The van der Waals surface area contributed by atoms with Gasteiger partial charge in [-0.1, -0.05) is 43.6 Å². The second kappa shape index (κ2) is 5.30. The molecule has 2 rings (SSSR count). The topological polar surface area (TPSA) is 32.9 Å². The number of hydrogen-bond acceptors (Lipinski definition) is 2. The highest BCUT2D eigenvalue weighted by molar-refractivity contribution is 7.16. The summed E-state index contributed by atoms with van der Waals surface area (Å²) in [6.07, 6.45) is 6.25. The zero-order valence-electron chi connectivity index (χ0n) is 9.58. The second-order valence-corrected chi connectivity index (χ2v) is 5.17. The molecule has 1 aromatic carbocycles. The van der Waals surface area contributed by atoms with E-state index >= 15 is 0 Å². The molecule has 0 radical (unpaired) electrons. The predicted octanol–water partition coefficient (Wildman–Crippen LogP) is 3.71. The van der Waals surface area contributed by atoms with Crippen LogP contribution in [-0.2, 0) is 6.42 Å². The molecule has 0 bridgehead atoms. The van der Waals surface area contributed by atoms with Gasteiger partial charge in [0.25, 0.3) is 0 Å². The summed E-state index contributed by atoms with van der Waals surface area (Å²) in [4.78, 5) is 14.1. The lowest BCUT2D eigenvalue weighted by Crippen LogP contribution is -1.90. The minimum Gasteiger partial charge on any atom is -0.312 e. The first-order valence-electron chi connectivity index (χ1n) is 5.91. The van der Waals surface area contributed by atoms with Gasteiger partial charge in [-0.25, -0.2) is 0 Å². The Balaban J connectivity index is 2.04.